The van der Waals surface area contributed by atoms with E-state index in [4.69, 9.17) is 0 Å². The second kappa shape index (κ2) is 3.42. The molecule has 1 heterocycles. The molecule has 1 aromatic carbocycles. The van der Waals surface area contributed by atoms with E-state index in [1.54, 1.807) is 4.57 Å². The zero-order chi connectivity index (χ0) is 11.0. The van der Waals surface area contributed by atoms with Gasteiger partial charge in [0.05, 0.1) is 5.52 Å². The van der Waals surface area contributed by atoms with E-state index in [1.807, 2.05) is 38.1 Å². The first-order valence-corrected chi connectivity index (χ1v) is 4.94. The molecule has 3 heteroatoms. The summed E-state index contributed by atoms with van der Waals surface area (Å²) in [6.07, 6.45) is 0. The number of benzene rings is 1. The third-order valence-electron chi connectivity index (χ3n) is 2.45. The fourth-order valence-corrected chi connectivity index (χ4v) is 1.82. The predicted octanol–water partition coefficient (Wildman–Crippen LogP) is 2.29. The standard InChI is InChI=1S/C12H13NO2/c1-8(2)13-10-6-4-3-5-9(10)11(14)7-12(13)15/h3-8,14H,1-2H3. The number of fused-ring (bicyclic) bond motifs is 1. The number of hydrogen-bond acceptors (Lipinski definition) is 2. The van der Waals surface area contributed by atoms with Gasteiger partial charge < -0.3 is 9.67 Å². The van der Waals surface area contributed by atoms with Crippen LogP contribution < -0.4 is 5.56 Å². The van der Waals surface area contributed by atoms with Crippen molar-refractivity contribution in [2.24, 2.45) is 0 Å². The van der Waals surface area contributed by atoms with Gasteiger partial charge >= 0.3 is 0 Å². The molecule has 0 aliphatic heterocycles. The Bertz CT molecular complexity index is 555. The van der Waals surface area contributed by atoms with E-state index in [0.29, 0.717) is 5.39 Å². The van der Waals surface area contributed by atoms with Crippen molar-refractivity contribution in [3.05, 3.63) is 40.7 Å². The van der Waals surface area contributed by atoms with E-state index in [-0.39, 0.29) is 17.4 Å². The van der Waals surface area contributed by atoms with Gasteiger partial charge in [-0.05, 0) is 26.0 Å². The second-order valence-electron chi connectivity index (χ2n) is 3.85. The maximum atomic E-state index is 11.7. The van der Waals surface area contributed by atoms with Crippen LogP contribution in [0, 0.1) is 0 Å². The minimum Gasteiger partial charge on any atom is -0.507 e. The molecular formula is C12H13NO2. The second-order valence-corrected chi connectivity index (χ2v) is 3.85. The Morgan fingerprint density at radius 3 is 2.60 bits per heavy atom. The Labute approximate surface area is 87.6 Å². The van der Waals surface area contributed by atoms with Gasteiger partial charge in [0.25, 0.3) is 5.56 Å². The molecule has 0 unspecified atom stereocenters. The molecule has 0 atom stereocenters. The summed E-state index contributed by atoms with van der Waals surface area (Å²) in [7, 11) is 0. The highest BCUT2D eigenvalue weighted by Crippen LogP contribution is 2.23. The van der Waals surface area contributed by atoms with Crippen LogP contribution in [0.3, 0.4) is 0 Å². The molecule has 3 nitrogen and oxygen atoms in total. The van der Waals surface area contributed by atoms with Crippen LogP contribution in [0.15, 0.2) is 35.1 Å². The van der Waals surface area contributed by atoms with Gasteiger partial charge in [-0.25, -0.2) is 0 Å². The predicted molar refractivity (Wildman–Crippen MR) is 60.3 cm³/mol. The average Bonchev–Trinajstić information content (AvgIpc) is 2.17. The van der Waals surface area contributed by atoms with Crippen LogP contribution in [0.25, 0.3) is 10.9 Å². The molecule has 1 N–H and O–H groups in total. The first-order chi connectivity index (χ1) is 7.11. The van der Waals surface area contributed by atoms with Gasteiger partial charge in [0.1, 0.15) is 5.75 Å². The average molecular weight is 203 g/mol. The molecule has 0 amide bonds. The van der Waals surface area contributed by atoms with Crippen molar-refractivity contribution in [2.75, 3.05) is 0 Å². The Hall–Kier alpha value is -1.77. The van der Waals surface area contributed by atoms with Crippen molar-refractivity contribution in [1.29, 1.82) is 0 Å². The van der Waals surface area contributed by atoms with Gasteiger partial charge in [-0.1, -0.05) is 12.1 Å². The van der Waals surface area contributed by atoms with E-state index < -0.39 is 0 Å². The lowest BCUT2D eigenvalue weighted by atomic mass is 10.2. The van der Waals surface area contributed by atoms with E-state index in [1.165, 1.54) is 6.07 Å². The molecule has 0 aliphatic carbocycles. The third-order valence-corrected chi connectivity index (χ3v) is 2.45. The molecule has 0 bridgehead atoms. The molecule has 1 aromatic heterocycles. The third kappa shape index (κ3) is 1.50. The first-order valence-electron chi connectivity index (χ1n) is 4.94. The van der Waals surface area contributed by atoms with Gasteiger partial charge in [-0.15, -0.1) is 0 Å². The highest BCUT2D eigenvalue weighted by atomic mass is 16.3. The van der Waals surface area contributed by atoms with Crippen molar-refractivity contribution in [3.63, 3.8) is 0 Å². The van der Waals surface area contributed by atoms with Crippen LogP contribution in [-0.4, -0.2) is 9.67 Å². The van der Waals surface area contributed by atoms with E-state index in [0.717, 1.165) is 5.52 Å². The molecule has 2 aromatic rings. The maximum Gasteiger partial charge on any atom is 0.254 e. The normalized spacial score (nSPS) is 11.1. The summed E-state index contributed by atoms with van der Waals surface area (Å²) in [6, 6.07) is 8.71. The van der Waals surface area contributed by atoms with E-state index in [9.17, 15) is 9.90 Å². The topological polar surface area (TPSA) is 42.2 Å². The molecule has 0 fully saturated rings. The highest BCUT2D eigenvalue weighted by molar-refractivity contribution is 5.84. The van der Waals surface area contributed by atoms with Crippen molar-refractivity contribution < 1.29 is 5.11 Å². The molecule has 0 aliphatic rings. The number of aromatic hydroxyl groups is 1. The zero-order valence-electron chi connectivity index (χ0n) is 8.77. The SMILES string of the molecule is CC(C)n1c(=O)cc(O)c2ccccc21. The molecule has 78 valence electrons. The van der Waals surface area contributed by atoms with Crippen molar-refractivity contribution in [1.82, 2.24) is 4.57 Å². The molecule has 15 heavy (non-hydrogen) atoms. The number of rotatable bonds is 1. The van der Waals surface area contributed by atoms with E-state index in [2.05, 4.69) is 0 Å². The van der Waals surface area contributed by atoms with Gasteiger partial charge in [-0.3, -0.25) is 4.79 Å². The van der Waals surface area contributed by atoms with Crippen molar-refractivity contribution >= 4 is 10.9 Å². The van der Waals surface area contributed by atoms with Crippen LogP contribution in [0.1, 0.15) is 19.9 Å². The number of para-hydroxylation sites is 1. The van der Waals surface area contributed by atoms with Gasteiger partial charge in [0.2, 0.25) is 0 Å². The monoisotopic (exact) mass is 203 g/mol. The molecular weight excluding hydrogens is 190 g/mol. The fourth-order valence-electron chi connectivity index (χ4n) is 1.82. The maximum absolute atomic E-state index is 11.7. The number of hydrogen-bond donors (Lipinski definition) is 1. The lowest BCUT2D eigenvalue weighted by Gasteiger charge is -2.14. The molecule has 0 spiro atoms. The lowest BCUT2D eigenvalue weighted by molar-refractivity contribution is 0.477. The van der Waals surface area contributed by atoms with Crippen molar-refractivity contribution in [3.8, 4) is 5.75 Å². The zero-order valence-corrected chi connectivity index (χ0v) is 8.77. The lowest BCUT2D eigenvalue weighted by Crippen LogP contribution is -2.21. The Morgan fingerprint density at radius 1 is 1.27 bits per heavy atom. The minimum atomic E-state index is -0.166. The fraction of sp³-hybridized carbons (Fsp3) is 0.250. The highest BCUT2D eigenvalue weighted by Gasteiger charge is 2.09. The van der Waals surface area contributed by atoms with E-state index >= 15 is 0 Å². The summed E-state index contributed by atoms with van der Waals surface area (Å²) in [5.74, 6) is 0.0486. The van der Waals surface area contributed by atoms with Crippen LogP contribution in [0.4, 0.5) is 0 Å². The quantitative estimate of drug-likeness (QED) is 0.772. The van der Waals surface area contributed by atoms with Crippen LogP contribution in [0.5, 0.6) is 5.75 Å². The van der Waals surface area contributed by atoms with Crippen LogP contribution in [-0.2, 0) is 0 Å². The molecule has 0 saturated carbocycles. The summed E-state index contributed by atoms with van der Waals surface area (Å²) in [6.45, 7) is 3.90. The smallest absolute Gasteiger partial charge is 0.254 e. The minimum absolute atomic E-state index is 0.0486. The Kier molecular flexibility index (Phi) is 2.23. The molecule has 0 radical (unpaired) electrons. The molecule has 2 rings (SSSR count). The van der Waals surface area contributed by atoms with Crippen LogP contribution >= 0.6 is 0 Å². The van der Waals surface area contributed by atoms with Gasteiger partial charge in [-0.2, -0.15) is 0 Å². The van der Waals surface area contributed by atoms with Crippen LogP contribution in [0.2, 0.25) is 0 Å². The van der Waals surface area contributed by atoms with Crippen molar-refractivity contribution in [2.45, 2.75) is 19.9 Å². The number of aromatic nitrogens is 1. The van der Waals surface area contributed by atoms with Gasteiger partial charge in [0.15, 0.2) is 0 Å². The summed E-state index contributed by atoms with van der Waals surface area (Å²) in [5, 5.41) is 10.4. The number of pyridine rings is 1. The first kappa shape index (κ1) is 9.77. The Balaban J connectivity index is 2.96. The molecule has 0 saturated heterocycles. The summed E-state index contributed by atoms with van der Waals surface area (Å²) in [5.41, 5.74) is 0.610. The summed E-state index contributed by atoms with van der Waals surface area (Å²) in [4.78, 5) is 11.7. The number of nitrogens with zero attached hydrogens (tertiary/aromatic N) is 1. The largest absolute Gasteiger partial charge is 0.507 e. The van der Waals surface area contributed by atoms with Gasteiger partial charge in [0, 0.05) is 17.5 Å². The summed E-state index contributed by atoms with van der Waals surface area (Å²) >= 11 is 0. The Morgan fingerprint density at radius 2 is 1.93 bits per heavy atom. The summed E-state index contributed by atoms with van der Waals surface area (Å²) < 4.78 is 1.68.